The summed E-state index contributed by atoms with van der Waals surface area (Å²) in [6.07, 6.45) is 5.06. The van der Waals surface area contributed by atoms with Gasteiger partial charge in [-0.15, -0.1) is 5.10 Å². The summed E-state index contributed by atoms with van der Waals surface area (Å²) in [5.41, 5.74) is 1.33. The number of likely N-dealkylation sites (tertiary alicyclic amines) is 1. The highest BCUT2D eigenvalue weighted by Crippen LogP contribution is 2.33. The number of aromatic nitrogens is 3. The van der Waals surface area contributed by atoms with Crippen molar-refractivity contribution in [3.63, 3.8) is 0 Å². The van der Waals surface area contributed by atoms with Crippen LogP contribution in [-0.4, -0.2) is 205 Å². The average molecular weight is 1230 g/mol. The van der Waals surface area contributed by atoms with Gasteiger partial charge in [0.05, 0.1) is 136 Å². The third-order valence-corrected chi connectivity index (χ3v) is 14.4. The highest BCUT2D eigenvalue weighted by atomic mass is 16.6. The molecule has 4 rings (SSSR count). The topological polar surface area (TPSA) is 311 Å². The molecule has 26 nitrogen and oxygen atoms in total. The largest absolute Gasteiger partial charge is 0.460 e. The number of carbonyl (C=O) groups excluding carboxylic acids is 8. The number of nitrogens with zero attached hydrogens (tertiary/aromatic N) is 4. The van der Waals surface area contributed by atoms with Crippen molar-refractivity contribution in [1.29, 1.82) is 0 Å². The van der Waals surface area contributed by atoms with E-state index in [1.807, 2.05) is 13.8 Å². The van der Waals surface area contributed by atoms with Crippen molar-refractivity contribution in [3.05, 3.63) is 41.7 Å². The number of hydrogen-bond acceptors (Lipinski definition) is 20. The normalized spacial score (nSPS) is 16.9. The Hall–Kier alpha value is -5.84. The summed E-state index contributed by atoms with van der Waals surface area (Å²) in [6.45, 7) is 21.6. The van der Waals surface area contributed by atoms with Crippen molar-refractivity contribution in [3.8, 4) is 0 Å². The Morgan fingerprint density at radius 3 is 1.70 bits per heavy atom. The SMILES string of the molecule is CC(C)C1CC(=O)N(CC2CCC(C(=O)NCc3cn(CCOCCOCCOCCOCCOCCOCCOCCOCCNC(=O)COCC(=O)N[C@H](C(=O)C[C@@H](C)C(=O)Nc4ccc(COC(=O)C(C)(C)C)cc4)C(C)C)nn3)CC2)C1=O. The van der Waals surface area contributed by atoms with E-state index in [0.717, 1.165) is 31.2 Å². The van der Waals surface area contributed by atoms with Crippen LogP contribution in [0.2, 0.25) is 0 Å². The number of anilines is 1. The fourth-order valence-electron chi connectivity index (χ4n) is 9.16. The molecule has 1 aliphatic carbocycles. The zero-order valence-corrected chi connectivity index (χ0v) is 52.6. The van der Waals surface area contributed by atoms with E-state index >= 15 is 0 Å². The molecule has 6 amide bonds. The van der Waals surface area contributed by atoms with Gasteiger partial charge in [0, 0.05) is 49.4 Å². The van der Waals surface area contributed by atoms with E-state index in [9.17, 15) is 38.4 Å². The lowest BCUT2D eigenvalue weighted by Gasteiger charge is -2.30. The van der Waals surface area contributed by atoms with E-state index in [1.54, 1.807) is 76.7 Å². The minimum atomic E-state index is -0.857. The predicted molar refractivity (Wildman–Crippen MR) is 317 cm³/mol. The first-order valence-electron chi connectivity index (χ1n) is 30.6. The lowest BCUT2D eigenvalue weighted by molar-refractivity contribution is -0.154. The van der Waals surface area contributed by atoms with Crippen LogP contribution >= 0.6 is 0 Å². The van der Waals surface area contributed by atoms with Crippen molar-refractivity contribution in [2.45, 2.75) is 120 Å². The number of ether oxygens (including phenoxy) is 10. The molecule has 2 aliphatic rings. The maximum Gasteiger partial charge on any atom is 0.311 e. The molecule has 1 aliphatic heterocycles. The molecule has 0 radical (unpaired) electrons. The van der Waals surface area contributed by atoms with Crippen molar-refractivity contribution >= 4 is 52.9 Å². The molecule has 1 aromatic carbocycles. The van der Waals surface area contributed by atoms with E-state index < -0.39 is 35.8 Å². The van der Waals surface area contributed by atoms with Gasteiger partial charge < -0.3 is 68.6 Å². The minimum absolute atomic E-state index is 0.0105. The molecule has 3 atom stereocenters. The van der Waals surface area contributed by atoms with Gasteiger partial charge in [-0.05, 0) is 81.9 Å². The molecule has 2 aromatic rings. The summed E-state index contributed by atoms with van der Waals surface area (Å²) in [4.78, 5) is 102. The average Bonchev–Trinajstić information content (AvgIpc) is 2.14. The van der Waals surface area contributed by atoms with Crippen molar-refractivity contribution in [2.24, 2.45) is 40.9 Å². The molecule has 87 heavy (non-hydrogen) atoms. The highest BCUT2D eigenvalue weighted by Gasteiger charge is 2.41. The second-order valence-corrected chi connectivity index (χ2v) is 23.4. The molecule has 1 aromatic heterocycles. The van der Waals surface area contributed by atoms with Gasteiger partial charge in [0.25, 0.3) is 0 Å². The number of benzene rings is 1. The van der Waals surface area contributed by atoms with Crippen molar-refractivity contribution < 1.29 is 85.7 Å². The highest BCUT2D eigenvalue weighted by molar-refractivity contribution is 6.03. The van der Waals surface area contributed by atoms with Gasteiger partial charge in [-0.1, -0.05) is 52.0 Å². The lowest BCUT2D eigenvalue weighted by Crippen LogP contribution is -2.46. The number of carbonyl (C=O) groups is 8. The number of nitrogens with one attached hydrogen (secondary N) is 4. The Kier molecular flexibility index (Phi) is 35.0. The van der Waals surface area contributed by atoms with E-state index in [-0.39, 0.29) is 104 Å². The molecular weight excluding hydrogens is 1130 g/mol. The maximum absolute atomic E-state index is 13.2. The first-order valence-corrected chi connectivity index (χ1v) is 30.6. The quantitative estimate of drug-likeness (QED) is 0.0419. The van der Waals surface area contributed by atoms with Crippen LogP contribution in [0.3, 0.4) is 0 Å². The Bertz CT molecular complexity index is 2370. The number of esters is 1. The monoisotopic (exact) mass is 1230 g/mol. The molecular formula is C61H98N8O18. The van der Waals surface area contributed by atoms with Crippen LogP contribution in [-0.2, 0) is 105 Å². The number of Topliss-reactive ketones (excluding diaryl/α,β-unsaturated/α-hetero) is 1. The van der Waals surface area contributed by atoms with Gasteiger partial charge in [-0.3, -0.25) is 43.3 Å². The van der Waals surface area contributed by atoms with Gasteiger partial charge >= 0.3 is 5.97 Å². The van der Waals surface area contributed by atoms with Gasteiger partial charge in [0.15, 0.2) is 5.78 Å². The fraction of sp³-hybridized carbons (Fsp3) is 0.738. The Labute approximate surface area is 512 Å². The van der Waals surface area contributed by atoms with Crippen LogP contribution in [0.1, 0.15) is 105 Å². The molecule has 490 valence electrons. The molecule has 1 saturated carbocycles. The molecule has 1 saturated heterocycles. The van der Waals surface area contributed by atoms with Gasteiger partial charge in [0.2, 0.25) is 35.4 Å². The van der Waals surface area contributed by atoms with Crippen LogP contribution in [0.25, 0.3) is 0 Å². The van der Waals surface area contributed by atoms with Crippen LogP contribution in [0, 0.1) is 40.9 Å². The third-order valence-electron chi connectivity index (χ3n) is 14.4. The smallest absolute Gasteiger partial charge is 0.311 e. The van der Waals surface area contributed by atoms with Crippen LogP contribution < -0.4 is 21.3 Å². The van der Waals surface area contributed by atoms with Crippen LogP contribution in [0.4, 0.5) is 5.69 Å². The second-order valence-electron chi connectivity index (χ2n) is 23.4. The van der Waals surface area contributed by atoms with Crippen molar-refractivity contribution in [2.75, 3.05) is 137 Å². The summed E-state index contributed by atoms with van der Waals surface area (Å²) < 4.78 is 56.6. The predicted octanol–water partition coefficient (Wildman–Crippen LogP) is 3.46. The summed E-state index contributed by atoms with van der Waals surface area (Å²) in [5.74, 6) is -3.01. The lowest BCUT2D eigenvalue weighted by atomic mass is 9.81. The molecule has 2 fully saturated rings. The van der Waals surface area contributed by atoms with Gasteiger partial charge in [-0.25, -0.2) is 4.68 Å². The standard InChI is InChI=1S/C61H98N8O18/c1-43(2)51-36-55(73)69(59(51)76)38-46-9-13-48(14-10-46)58(75)63-37-50-39-68(67-66-50)18-20-79-22-24-81-26-28-83-30-32-85-34-33-84-31-29-82-27-25-80-23-21-78-19-17-62-53(71)41-86-42-54(72)65-56(44(3)4)52(70)35-45(5)57(74)64-49-15-11-47(12-16-49)40-87-60(77)61(6,7)8/h11-12,15-16,39,43-46,48,51,56H,9-10,13-14,17-38,40-42H2,1-8H3,(H,62,71)(H,63,75)(H,64,74)(H,65,72)/t45-,46?,48?,51?,56+/m1/s1. The molecule has 0 bridgehead atoms. The van der Waals surface area contributed by atoms with E-state index in [1.165, 1.54) is 4.90 Å². The third kappa shape index (κ3) is 30.3. The number of amides is 6. The molecule has 2 heterocycles. The first-order chi connectivity index (χ1) is 41.7. The van der Waals surface area contributed by atoms with Gasteiger partial charge in [0.1, 0.15) is 25.5 Å². The number of hydrogen-bond donors (Lipinski definition) is 4. The number of imide groups is 1. The van der Waals surface area contributed by atoms with Crippen molar-refractivity contribution in [1.82, 2.24) is 35.8 Å². The summed E-state index contributed by atoms with van der Waals surface area (Å²) in [5, 5.41) is 19.4. The zero-order chi connectivity index (χ0) is 63.4. The molecule has 4 N–H and O–H groups in total. The molecule has 1 unspecified atom stereocenters. The van der Waals surface area contributed by atoms with E-state index in [2.05, 4.69) is 31.6 Å². The van der Waals surface area contributed by atoms with Gasteiger partial charge in [-0.2, -0.15) is 0 Å². The summed E-state index contributed by atoms with van der Waals surface area (Å²) in [6, 6.07) is 6.00. The Balaban J connectivity index is 0.841. The zero-order valence-electron chi connectivity index (χ0n) is 52.6. The fourth-order valence-corrected chi connectivity index (χ4v) is 9.16. The van der Waals surface area contributed by atoms with Crippen LogP contribution in [0.5, 0.6) is 0 Å². The Morgan fingerprint density at radius 1 is 0.655 bits per heavy atom. The molecule has 0 spiro atoms. The minimum Gasteiger partial charge on any atom is -0.460 e. The van der Waals surface area contributed by atoms with Crippen LogP contribution in [0.15, 0.2) is 30.5 Å². The summed E-state index contributed by atoms with van der Waals surface area (Å²) >= 11 is 0. The van der Waals surface area contributed by atoms with E-state index in [0.29, 0.717) is 130 Å². The second kappa shape index (κ2) is 41.4. The Morgan fingerprint density at radius 2 is 1.18 bits per heavy atom. The number of ketones is 1. The van der Waals surface area contributed by atoms with E-state index in [4.69, 9.17) is 47.4 Å². The number of rotatable bonds is 46. The molecule has 26 heteroatoms. The summed E-state index contributed by atoms with van der Waals surface area (Å²) in [7, 11) is 0. The maximum atomic E-state index is 13.2. The first kappa shape index (κ1) is 73.6.